The molecule has 1 atom stereocenters. The lowest BCUT2D eigenvalue weighted by Gasteiger charge is -2.17. The highest BCUT2D eigenvalue weighted by atomic mass is 19.1. The van der Waals surface area contributed by atoms with Crippen LogP contribution in [0.15, 0.2) is 41.4 Å². The lowest BCUT2D eigenvalue weighted by Crippen LogP contribution is -2.36. The molecule has 1 unspecified atom stereocenters. The summed E-state index contributed by atoms with van der Waals surface area (Å²) in [6.45, 7) is 4.09. The number of hydrogen-bond donors (Lipinski definition) is 3. The van der Waals surface area contributed by atoms with Crippen LogP contribution in [0.5, 0.6) is 5.75 Å². The third-order valence-electron chi connectivity index (χ3n) is 5.08. The molecule has 2 aromatic rings. The number of nitrogens with zero attached hydrogens (tertiary/aromatic N) is 1. The van der Waals surface area contributed by atoms with Gasteiger partial charge < -0.3 is 25.2 Å². The van der Waals surface area contributed by atoms with Crippen molar-refractivity contribution in [2.24, 2.45) is 4.99 Å². The molecule has 162 valence electrons. The number of nitrogens with one attached hydrogen (secondary N) is 2. The van der Waals surface area contributed by atoms with Gasteiger partial charge in [-0.3, -0.25) is 4.99 Å². The summed E-state index contributed by atoms with van der Waals surface area (Å²) in [5.74, 6) is 1.06. The Balaban J connectivity index is 1.56. The average molecular weight is 416 g/mol. The van der Waals surface area contributed by atoms with Gasteiger partial charge in [-0.15, -0.1) is 0 Å². The van der Waals surface area contributed by atoms with Crippen molar-refractivity contribution in [2.75, 3.05) is 20.3 Å². The summed E-state index contributed by atoms with van der Waals surface area (Å²) in [6.07, 6.45) is 2.30. The monoisotopic (exact) mass is 415 g/mol. The van der Waals surface area contributed by atoms with Gasteiger partial charge in [0.05, 0.1) is 12.7 Å². The van der Waals surface area contributed by atoms with Crippen molar-refractivity contribution >= 4 is 5.96 Å². The molecule has 0 saturated carbocycles. The number of aliphatic imine (C=N–C) groups is 1. The van der Waals surface area contributed by atoms with E-state index in [1.807, 2.05) is 19.1 Å². The lowest BCUT2D eigenvalue weighted by atomic mass is 10.1. The van der Waals surface area contributed by atoms with E-state index in [1.165, 1.54) is 6.07 Å². The number of guanidine groups is 1. The molecule has 0 aromatic heterocycles. The highest BCUT2D eigenvalue weighted by Crippen LogP contribution is 2.22. The molecule has 1 heterocycles. The zero-order valence-corrected chi connectivity index (χ0v) is 17.6. The topological polar surface area (TPSA) is 75.1 Å². The number of aliphatic hydroxyl groups is 1. The van der Waals surface area contributed by atoms with E-state index in [1.54, 1.807) is 19.2 Å². The fourth-order valence-corrected chi connectivity index (χ4v) is 3.35. The van der Waals surface area contributed by atoms with Crippen molar-refractivity contribution in [3.8, 4) is 5.75 Å². The molecule has 1 aliphatic rings. The predicted molar refractivity (Wildman–Crippen MR) is 115 cm³/mol. The molecule has 30 heavy (non-hydrogen) atoms. The SMILES string of the molecule is CN=C(NCc1ccc(F)c(CO)c1)NCc1ccc(C)cc1OCC1CCCO1. The van der Waals surface area contributed by atoms with Gasteiger partial charge in [-0.05, 0) is 49.1 Å². The highest BCUT2D eigenvalue weighted by Gasteiger charge is 2.17. The Morgan fingerprint density at radius 1 is 1.20 bits per heavy atom. The summed E-state index contributed by atoms with van der Waals surface area (Å²) in [5, 5.41) is 15.7. The number of aliphatic hydroxyl groups excluding tert-OH is 1. The van der Waals surface area contributed by atoms with Crippen molar-refractivity contribution in [3.05, 3.63) is 64.5 Å². The number of aryl methyl sites for hydroxylation is 1. The smallest absolute Gasteiger partial charge is 0.191 e. The van der Waals surface area contributed by atoms with Crippen molar-refractivity contribution in [2.45, 2.75) is 45.6 Å². The largest absolute Gasteiger partial charge is 0.491 e. The zero-order chi connectivity index (χ0) is 21.3. The van der Waals surface area contributed by atoms with Gasteiger partial charge in [0.15, 0.2) is 5.96 Å². The number of benzene rings is 2. The van der Waals surface area contributed by atoms with Crippen LogP contribution in [0.1, 0.15) is 35.1 Å². The van der Waals surface area contributed by atoms with Gasteiger partial charge >= 0.3 is 0 Å². The van der Waals surface area contributed by atoms with Gasteiger partial charge in [0.2, 0.25) is 0 Å². The fourth-order valence-electron chi connectivity index (χ4n) is 3.35. The molecule has 0 bridgehead atoms. The van der Waals surface area contributed by atoms with Gasteiger partial charge in [0.1, 0.15) is 18.2 Å². The van der Waals surface area contributed by atoms with Gasteiger partial charge in [0, 0.05) is 37.9 Å². The molecule has 0 amide bonds. The Labute approximate surface area is 177 Å². The Hall–Kier alpha value is -2.64. The Morgan fingerprint density at radius 3 is 2.77 bits per heavy atom. The zero-order valence-electron chi connectivity index (χ0n) is 17.6. The maximum Gasteiger partial charge on any atom is 0.191 e. The van der Waals surface area contributed by atoms with E-state index in [9.17, 15) is 9.50 Å². The van der Waals surface area contributed by atoms with E-state index in [0.29, 0.717) is 25.7 Å². The van der Waals surface area contributed by atoms with Crippen LogP contribution in [0.3, 0.4) is 0 Å². The Kier molecular flexibility index (Phi) is 8.04. The standard InChI is InChI=1S/C23H30FN3O3/c1-16-5-7-18(22(10-16)30-15-20-4-3-9-29-20)13-27-23(25-2)26-12-17-6-8-21(24)19(11-17)14-28/h5-8,10-11,20,28H,3-4,9,12-15H2,1-2H3,(H2,25,26,27). The van der Waals surface area contributed by atoms with Gasteiger partial charge in [-0.25, -0.2) is 4.39 Å². The van der Waals surface area contributed by atoms with Crippen molar-refractivity contribution < 1.29 is 19.0 Å². The van der Waals surface area contributed by atoms with Crippen LogP contribution in [-0.2, 0) is 24.4 Å². The van der Waals surface area contributed by atoms with Gasteiger partial charge in [0.25, 0.3) is 0 Å². The first-order chi connectivity index (χ1) is 14.6. The quantitative estimate of drug-likeness (QED) is 0.456. The van der Waals surface area contributed by atoms with E-state index in [2.05, 4.69) is 21.7 Å². The minimum atomic E-state index is -0.404. The molecule has 1 saturated heterocycles. The van der Waals surface area contributed by atoms with Crippen molar-refractivity contribution in [1.82, 2.24) is 10.6 Å². The van der Waals surface area contributed by atoms with Gasteiger partial charge in [-0.2, -0.15) is 0 Å². The maximum absolute atomic E-state index is 13.5. The van der Waals surface area contributed by atoms with E-state index in [0.717, 1.165) is 41.9 Å². The second-order valence-corrected chi connectivity index (χ2v) is 7.42. The maximum atomic E-state index is 13.5. The molecule has 6 nitrogen and oxygen atoms in total. The predicted octanol–water partition coefficient (Wildman–Crippen LogP) is 3.05. The van der Waals surface area contributed by atoms with E-state index < -0.39 is 5.82 Å². The van der Waals surface area contributed by atoms with Crippen molar-refractivity contribution in [3.63, 3.8) is 0 Å². The van der Waals surface area contributed by atoms with Gasteiger partial charge in [-0.1, -0.05) is 18.2 Å². The number of halogens is 1. The summed E-state index contributed by atoms with van der Waals surface area (Å²) in [4.78, 5) is 4.24. The summed E-state index contributed by atoms with van der Waals surface area (Å²) < 4.78 is 25.2. The second kappa shape index (κ2) is 10.9. The van der Waals surface area contributed by atoms with E-state index in [-0.39, 0.29) is 18.3 Å². The summed E-state index contributed by atoms with van der Waals surface area (Å²) in [5.41, 5.74) is 3.31. The highest BCUT2D eigenvalue weighted by molar-refractivity contribution is 5.79. The first-order valence-electron chi connectivity index (χ1n) is 10.3. The first-order valence-corrected chi connectivity index (χ1v) is 10.3. The fraction of sp³-hybridized carbons (Fsp3) is 0.435. The van der Waals surface area contributed by atoms with E-state index >= 15 is 0 Å². The van der Waals surface area contributed by atoms with Crippen LogP contribution < -0.4 is 15.4 Å². The molecule has 0 radical (unpaired) electrons. The van der Waals surface area contributed by atoms with Crippen LogP contribution in [0.2, 0.25) is 0 Å². The number of rotatable bonds is 8. The minimum Gasteiger partial charge on any atom is -0.491 e. The molecule has 3 N–H and O–H groups in total. The molecular weight excluding hydrogens is 385 g/mol. The molecule has 7 heteroatoms. The molecule has 2 aromatic carbocycles. The van der Waals surface area contributed by atoms with Crippen LogP contribution in [0, 0.1) is 12.7 Å². The van der Waals surface area contributed by atoms with Crippen LogP contribution in [0.25, 0.3) is 0 Å². The Bertz CT molecular complexity index is 867. The summed E-state index contributed by atoms with van der Waals surface area (Å²) >= 11 is 0. The van der Waals surface area contributed by atoms with Crippen LogP contribution >= 0.6 is 0 Å². The first kappa shape index (κ1) is 22.1. The molecule has 0 spiro atoms. The molecule has 0 aliphatic carbocycles. The molecular formula is C23H30FN3O3. The second-order valence-electron chi connectivity index (χ2n) is 7.42. The lowest BCUT2D eigenvalue weighted by molar-refractivity contribution is 0.0676. The average Bonchev–Trinajstić information content (AvgIpc) is 3.28. The molecule has 3 rings (SSSR count). The van der Waals surface area contributed by atoms with Crippen LogP contribution in [-0.4, -0.2) is 37.4 Å². The molecule has 1 fully saturated rings. The van der Waals surface area contributed by atoms with Crippen LogP contribution in [0.4, 0.5) is 4.39 Å². The van der Waals surface area contributed by atoms with E-state index in [4.69, 9.17) is 9.47 Å². The number of hydrogen-bond acceptors (Lipinski definition) is 4. The minimum absolute atomic E-state index is 0.167. The third kappa shape index (κ3) is 6.18. The number of ether oxygens (including phenoxy) is 2. The normalized spacial score (nSPS) is 16.5. The van der Waals surface area contributed by atoms with Crippen molar-refractivity contribution in [1.29, 1.82) is 0 Å². The summed E-state index contributed by atoms with van der Waals surface area (Å²) in [7, 11) is 1.70. The Morgan fingerprint density at radius 2 is 2.03 bits per heavy atom. The summed E-state index contributed by atoms with van der Waals surface area (Å²) in [6, 6.07) is 10.8. The molecule has 1 aliphatic heterocycles. The third-order valence-corrected chi connectivity index (χ3v) is 5.08.